The molecule has 0 saturated heterocycles. The first kappa shape index (κ1) is 22.9. The summed E-state index contributed by atoms with van der Waals surface area (Å²) in [6.45, 7) is 11.3. The van der Waals surface area contributed by atoms with E-state index in [0.717, 1.165) is 31.3 Å². The van der Waals surface area contributed by atoms with E-state index < -0.39 is 24.0 Å². The fraction of sp³-hybridized carbons (Fsp3) is 0.826. The average molecular weight is 395 g/mol. The summed E-state index contributed by atoms with van der Waals surface area (Å²) < 4.78 is 4.94. The molecular formula is C23H38O5. The Bertz CT molecular complexity index is 618. The third-order valence-electron chi connectivity index (χ3n) is 7.56. The molecule has 160 valence electrons. The Morgan fingerprint density at radius 1 is 1.14 bits per heavy atom. The number of hydrogen-bond donors (Lipinski definition) is 2. The maximum absolute atomic E-state index is 11.3. The van der Waals surface area contributed by atoms with Crippen LogP contribution in [0.4, 0.5) is 0 Å². The average Bonchev–Trinajstić information content (AvgIpc) is 2.51. The molecule has 0 radical (unpaired) electrons. The van der Waals surface area contributed by atoms with Gasteiger partial charge in [0.15, 0.2) is 0 Å². The highest BCUT2D eigenvalue weighted by molar-refractivity contribution is 5.90. The van der Waals surface area contributed by atoms with Crippen LogP contribution in [-0.4, -0.2) is 34.4 Å². The molecule has 0 unspecified atom stereocenters. The molecule has 0 amide bonds. The van der Waals surface area contributed by atoms with Crippen LogP contribution in [-0.2, 0) is 14.3 Å². The van der Waals surface area contributed by atoms with Crippen molar-refractivity contribution in [1.29, 1.82) is 0 Å². The van der Waals surface area contributed by atoms with Crippen molar-refractivity contribution in [2.45, 2.75) is 91.6 Å². The second kappa shape index (κ2) is 8.56. The summed E-state index contributed by atoms with van der Waals surface area (Å²) in [5.74, 6) is -1.01. The van der Waals surface area contributed by atoms with E-state index in [1.165, 1.54) is 19.3 Å². The zero-order valence-electron chi connectivity index (χ0n) is 18.2. The summed E-state index contributed by atoms with van der Waals surface area (Å²) in [6.07, 6.45) is 8.64. The first-order valence-corrected chi connectivity index (χ1v) is 10.6. The van der Waals surface area contributed by atoms with Crippen LogP contribution in [0.3, 0.4) is 0 Å². The lowest BCUT2D eigenvalue weighted by molar-refractivity contribution is -0.168. The van der Waals surface area contributed by atoms with Crippen molar-refractivity contribution in [3.05, 3.63) is 11.6 Å². The predicted octanol–water partition coefficient (Wildman–Crippen LogP) is 4.72. The highest BCUT2D eigenvalue weighted by Crippen LogP contribution is 2.62. The van der Waals surface area contributed by atoms with Gasteiger partial charge in [0.1, 0.15) is 13.0 Å². The van der Waals surface area contributed by atoms with Gasteiger partial charge in [-0.3, -0.25) is 9.59 Å². The molecule has 0 aromatic rings. The lowest BCUT2D eigenvalue weighted by Crippen LogP contribution is -2.57. The van der Waals surface area contributed by atoms with Gasteiger partial charge in [0.25, 0.3) is 0 Å². The summed E-state index contributed by atoms with van der Waals surface area (Å²) in [4.78, 5) is 21.8. The smallest absolute Gasteiger partial charge is 0.317 e. The van der Waals surface area contributed by atoms with Gasteiger partial charge in [-0.05, 0) is 81.1 Å². The molecule has 2 aliphatic rings. The fourth-order valence-electron chi connectivity index (χ4n) is 6.19. The zero-order valence-corrected chi connectivity index (χ0v) is 18.2. The van der Waals surface area contributed by atoms with Crippen LogP contribution in [0, 0.1) is 22.7 Å². The van der Waals surface area contributed by atoms with Gasteiger partial charge in [-0.25, -0.2) is 0 Å². The molecule has 2 saturated carbocycles. The van der Waals surface area contributed by atoms with E-state index in [4.69, 9.17) is 9.84 Å². The van der Waals surface area contributed by atoms with E-state index in [1.54, 1.807) is 0 Å². The summed E-state index contributed by atoms with van der Waals surface area (Å²) in [5, 5.41) is 19.8. The lowest BCUT2D eigenvalue weighted by Gasteiger charge is -2.61. The molecule has 0 aromatic heterocycles. The minimum Gasteiger partial charge on any atom is -0.481 e. The SMILES string of the molecule is C/C(=C\COC(=O)CC(=O)O)CC[C@@H]1[C@@]2(C)CCCC(C)(C)[C@@H]2CC[C@@]1(C)O. The molecule has 0 heterocycles. The van der Waals surface area contributed by atoms with E-state index in [-0.39, 0.29) is 17.9 Å². The van der Waals surface area contributed by atoms with Gasteiger partial charge in [-0.15, -0.1) is 0 Å². The summed E-state index contributed by atoms with van der Waals surface area (Å²) in [7, 11) is 0. The fourth-order valence-corrected chi connectivity index (χ4v) is 6.19. The van der Waals surface area contributed by atoms with Crippen molar-refractivity contribution in [2.24, 2.45) is 22.7 Å². The topological polar surface area (TPSA) is 83.8 Å². The molecule has 2 rings (SSSR count). The molecule has 2 fully saturated rings. The van der Waals surface area contributed by atoms with Crippen molar-refractivity contribution >= 4 is 11.9 Å². The second-order valence-electron chi connectivity index (χ2n) is 10.2. The number of carboxylic acid groups (broad SMARTS) is 1. The molecule has 4 atom stereocenters. The van der Waals surface area contributed by atoms with Gasteiger partial charge in [-0.1, -0.05) is 32.8 Å². The number of carbonyl (C=O) groups is 2. The summed E-state index contributed by atoms with van der Waals surface area (Å²) >= 11 is 0. The predicted molar refractivity (Wildman–Crippen MR) is 109 cm³/mol. The Morgan fingerprint density at radius 3 is 2.46 bits per heavy atom. The molecule has 2 aliphatic carbocycles. The molecule has 5 heteroatoms. The number of rotatable bonds is 7. The zero-order chi connectivity index (χ0) is 21.2. The number of ether oxygens (including phenoxy) is 1. The maximum atomic E-state index is 11.3. The van der Waals surface area contributed by atoms with Crippen LogP contribution < -0.4 is 0 Å². The molecule has 28 heavy (non-hydrogen) atoms. The minimum atomic E-state index is -1.18. The first-order chi connectivity index (χ1) is 12.9. The third-order valence-corrected chi connectivity index (χ3v) is 7.56. The van der Waals surface area contributed by atoms with Gasteiger partial charge in [0.05, 0.1) is 5.60 Å². The van der Waals surface area contributed by atoms with Gasteiger partial charge in [-0.2, -0.15) is 0 Å². The van der Waals surface area contributed by atoms with Crippen molar-refractivity contribution in [3.8, 4) is 0 Å². The van der Waals surface area contributed by atoms with E-state index in [0.29, 0.717) is 11.3 Å². The summed E-state index contributed by atoms with van der Waals surface area (Å²) in [5.41, 5.74) is 0.940. The Morgan fingerprint density at radius 2 is 1.82 bits per heavy atom. The maximum Gasteiger partial charge on any atom is 0.317 e. The molecule has 0 spiro atoms. The lowest BCUT2D eigenvalue weighted by atomic mass is 9.45. The van der Waals surface area contributed by atoms with Gasteiger partial charge < -0.3 is 14.9 Å². The standard InChI is InChI=1S/C23H38O5/c1-16(10-14-28-20(26)15-19(24)25)7-8-18-22(4)12-6-11-21(2,3)17(22)9-13-23(18,5)27/h10,17-18,27H,6-9,11-15H2,1-5H3,(H,24,25)/b16-10+/t17-,18+,22-,23+/m0/s1. The van der Waals surface area contributed by atoms with E-state index in [9.17, 15) is 14.7 Å². The van der Waals surface area contributed by atoms with Gasteiger partial charge >= 0.3 is 11.9 Å². The van der Waals surface area contributed by atoms with Crippen molar-refractivity contribution in [1.82, 2.24) is 0 Å². The molecule has 5 nitrogen and oxygen atoms in total. The molecule has 2 N–H and O–H groups in total. The number of carbonyl (C=O) groups excluding carboxylic acids is 1. The van der Waals surface area contributed by atoms with Crippen molar-refractivity contribution < 1.29 is 24.5 Å². The third kappa shape index (κ3) is 5.16. The van der Waals surface area contributed by atoms with E-state index >= 15 is 0 Å². The summed E-state index contributed by atoms with van der Waals surface area (Å²) in [6, 6.07) is 0. The number of allylic oxidation sites excluding steroid dienone is 1. The van der Waals surface area contributed by atoms with Gasteiger partial charge in [0.2, 0.25) is 0 Å². The Balaban J connectivity index is 2.01. The van der Waals surface area contributed by atoms with Crippen LogP contribution in [0.15, 0.2) is 11.6 Å². The highest BCUT2D eigenvalue weighted by Gasteiger charge is 2.57. The van der Waals surface area contributed by atoms with E-state index in [2.05, 4.69) is 20.8 Å². The number of fused-ring (bicyclic) bond motifs is 1. The Kier molecular flexibility index (Phi) is 7.01. The van der Waals surface area contributed by atoms with Crippen molar-refractivity contribution in [3.63, 3.8) is 0 Å². The number of aliphatic hydroxyl groups is 1. The Hall–Kier alpha value is -1.36. The van der Waals surface area contributed by atoms with Crippen LogP contribution in [0.2, 0.25) is 0 Å². The second-order valence-corrected chi connectivity index (χ2v) is 10.2. The molecule has 0 aromatic carbocycles. The largest absolute Gasteiger partial charge is 0.481 e. The monoisotopic (exact) mass is 394 g/mol. The number of aliphatic carboxylic acids is 1. The molecule has 0 aliphatic heterocycles. The highest BCUT2D eigenvalue weighted by atomic mass is 16.5. The minimum absolute atomic E-state index is 0.103. The quantitative estimate of drug-likeness (QED) is 0.371. The molecule has 0 bridgehead atoms. The van der Waals surface area contributed by atoms with Crippen LogP contribution in [0.1, 0.15) is 86.0 Å². The van der Waals surface area contributed by atoms with Crippen molar-refractivity contribution in [2.75, 3.05) is 6.61 Å². The van der Waals surface area contributed by atoms with Crippen LogP contribution in [0.25, 0.3) is 0 Å². The van der Waals surface area contributed by atoms with Gasteiger partial charge in [0, 0.05) is 0 Å². The number of esters is 1. The Labute approximate surface area is 169 Å². The van der Waals surface area contributed by atoms with Crippen LogP contribution >= 0.6 is 0 Å². The van der Waals surface area contributed by atoms with E-state index in [1.807, 2.05) is 19.9 Å². The normalized spacial score (nSPS) is 35.1. The van der Waals surface area contributed by atoms with Crippen LogP contribution in [0.5, 0.6) is 0 Å². The molecular weight excluding hydrogens is 356 g/mol. The number of carboxylic acids is 1. The number of hydrogen-bond acceptors (Lipinski definition) is 4. The first-order valence-electron chi connectivity index (χ1n) is 10.6.